The second kappa shape index (κ2) is 8.22. The van der Waals surface area contributed by atoms with Gasteiger partial charge in [-0.2, -0.15) is 0 Å². The first-order chi connectivity index (χ1) is 13.0. The number of ether oxygens (including phenoxy) is 1. The number of carbonyl (C=O) groups is 2. The zero-order chi connectivity index (χ0) is 19.3. The summed E-state index contributed by atoms with van der Waals surface area (Å²) in [6.45, 7) is 2.15. The molecule has 1 saturated carbocycles. The van der Waals surface area contributed by atoms with Crippen LogP contribution in [0.4, 0.5) is 4.79 Å². The molecule has 1 fully saturated rings. The summed E-state index contributed by atoms with van der Waals surface area (Å²) < 4.78 is 5.27. The molecule has 2 aromatic carbocycles. The molecule has 3 atom stereocenters. The van der Waals surface area contributed by atoms with Crippen molar-refractivity contribution >= 4 is 12.0 Å². The van der Waals surface area contributed by atoms with Gasteiger partial charge in [-0.05, 0) is 30.9 Å². The summed E-state index contributed by atoms with van der Waals surface area (Å²) in [6, 6.07) is 18.8. The predicted octanol–water partition coefficient (Wildman–Crippen LogP) is 2.65. The number of rotatable bonds is 7. The highest BCUT2D eigenvalue weighted by molar-refractivity contribution is 5.88. The lowest BCUT2D eigenvalue weighted by Crippen LogP contribution is -2.73. The van der Waals surface area contributed by atoms with Gasteiger partial charge in [-0.15, -0.1) is 0 Å². The molecule has 1 aliphatic carbocycles. The van der Waals surface area contributed by atoms with Crippen molar-refractivity contribution in [3.8, 4) is 0 Å². The van der Waals surface area contributed by atoms with E-state index in [0.717, 1.165) is 11.1 Å². The van der Waals surface area contributed by atoms with Gasteiger partial charge >= 0.3 is 6.09 Å². The molecule has 2 amide bonds. The fourth-order valence-electron chi connectivity index (χ4n) is 3.43. The highest BCUT2D eigenvalue weighted by Gasteiger charge is 2.53. The molecule has 4 N–H and O–H groups in total. The summed E-state index contributed by atoms with van der Waals surface area (Å²) in [7, 11) is 0. The van der Waals surface area contributed by atoms with Crippen molar-refractivity contribution in [3.05, 3.63) is 71.8 Å². The van der Waals surface area contributed by atoms with Gasteiger partial charge in [0, 0.05) is 6.04 Å². The molecule has 1 aliphatic rings. The van der Waals surface area contributed by atoms with Crippen LogP contribution in [0.15, 0.2) is 60.7 Å². The molecule has 0 aromatic heterocycles. The van der Waals surface area contributed by atoms with E-state index in [4.69, 9.17) is 10.5 Å². The molecule has 0 heterocycles. The molecule has 0 saturated heterocycles. The summed E-state index contributed by atoms with van der Waals surface area (Å²) in [5.41, 5.74) is 6.68. The monoisotopic (exact) mass is 367 g/mol. The van der Waals surface area contributed by atoms with E-state index in [-0.39, 0.29) is 12.6 Å². The van der Waals surface area contributed by atoms with E-state index in [9.17, 15) is 9.59 Å². The number of amides is 2. The molecule has 27 heavy (non-hydrogen) atoms. The van der Waals surface area contributed by atoms with Crippen LogP contribution in [-0.4, -0.2) is 23.6 Å². The number of hydrogen-bond acceptors (Lipinski definition) is 4. The van der Waals surface area contributed by atoms with Crippen LogP contribution in [0.5, 0.6) is 0 Å². The van der Waals surface area contributed by atoms with Crippen LogP contribution in [0.3, 0.4) is 0 Å². The molecule has 6 heteroatoms. The molecule has 3 rings (SSSR count). The second-order valence-corrected chi connectivity index (χ2v) is 6.91. The maximum Gasteiger partial charge on any atom is 0.407 e. The van der Waals surface area contributed by atoms with Crippen LogP contribution in [0.2, 0.25) is 0 Å². The minimum atomic E-state index is -0.971. The summed E-state index contributed by atoms with van der Waals surface area (Å²) in [4.78, 5) is 24.4. The summed E-state index contributed by atoms with van der Waals surface area (Å²) >= 11 is 0. The molecule has 0 unspecified atom stereocenters. The normalized spacial score (nSPS) is 22.3. The number of alkyl carbamates (subject to hydrolysis) is 1. The van der Waals surface area contributed by atoms with Gasteiger partial charge in [0.25, 0.3) is 0 Å². The Labute approximate surface area is 159 Å². The molecule has 0 radical (unpaired) electrons. The number of hydrogen-bond donors (Lipinski definition) is 3. The van der Waals surface area contributed by atoms with Gasteiger partial charge in [-0.25, -0.2) is 4.79 Å². The van der Waals surface area contributed by atoms with E-state index >= 15 is 0 Å². The third kappa shape index (κ3) is 4.28. The maximum absolute atomic E-state index is 12.2. The lowest BCUT2D eigenvalue weighted by molar-refractivity contribution is -0.130. The van der Waals surface area contributed by atoms with Gasteiger partial charge in [0.05, 0.1) is 6.04 Å². The quantitative estimate of drug-likeness (QED) is 0.701. The Kier molecular flexibility index (Phi) is 5.76. The number of nitrogens with two attached hydrogens (primary N) is 1. The van der Waals surface area contributed by atoms with Crippen LogP contribution < -0.4 is 16.4 Å². The first kappa shape index (κ1) is 18.9. The number of nitrogens with one attached hydrogen (secondary N) is 2. The fraction of sp³-hybridized carbons (Fsp3) is 0.333. The van der Waals surface area contributed by atoms with Crippen LogP contribution in [0, 0.1) is 0 Å². The Bertz CT molecular complexity index is 782. The average Bonchev–Trinajstić information content (AvgIpc) is 2.68. The molecular weight excluding hydrogens is 342 g/mol. The molecule has 0 bridgehead atoms. The molecule has 0 spiro atoms. The summed E-state index contributed by atoms with van der Waals surface area (Å²) in [5, 5.41) is 6.12. The van der Waals surface area contributed by atoms with Gasteiger partial charge in [0.15, 0.2) is 0 Å². The van der Waals surface area contributed by atoms with E-state index in [1.807, 2.05) is 67.6 Å². The Balaban J connectivity index is 1.61. The summed E-state index contributed by atoms with van der Waals surface area (Å²) in [6.07, 6.45) is 0.685. The van der Waals surface area contributed by atoms with Crippen molar-refractivity contribution in [2.75, 3.05) is 0 Å². The molecule has 6 nitrogen and oxygen atoms in total. The number of carbonyl (C=O) groups excluding carboxylic acids is 2. The first-order valence-electron chi connectivity index (χ1n) is 9.11. The SMILES string of the molecule is C[C@H](N[C@]1(C(N)=O)CC[C@H]1NC(=O)OCc1ccccc1)c1ccccc1. The van der Waals surface area contributed by atoms with Crippen molar-refractivity contribution in [1.82, 2.24) is 10.6 Å². The predicted molar refractivity (Wildman–Crippen MR) is 103 cm³/mol. The molecule has 0 aliphatic heterocycles. The number of benzene rings is 2. The Morgan fingerprint density at radius 2 is 1.78 bits per heavy atom. The molecular formula is C21H25N3O3. The van der Waals surface area contributed by atoms with E-state index < -0.39 is 23.6 Å². The van der Waals surface area contributed by atoms with Crippen molar-refractivity contribution in [3.63, 3.8) is 0 Å². The number of primary amides is 1. The van der Waals surface area contributed by atoms with Gasteiger partial charge in [-0.3, -0.25) is 10.1 Å². The van der Waals surface area contributed by atoms with E-state index in [2.05, 4.69) is 10.6 Å². The van der Waals surface area contributed by atoms with Gasteiger partial charge in [0.1, 0.15) is 12.1 Å². The van der Waals surface area contributed by atoms with Crippen molar-refractivity contribution < 1.29 is 14.3 Å². The Morgan fingerprint density at radius 1 is 1.15 bits per heavy atom. The smallest absolute Gasteiger partial charge is 0.407 e. The highest BCUT2D eigenvalue weighted by Crippen LogP contribution is 2.35. The van der Waals surface area contributed by atoms with E-state index in [1.54, 1.807) is 0 Å². The van der Waals surface area contributed by atoms with E-state index in [1.165, 1.54) is 0 Å². The summed E-state index contributed by atoms with van der Waals surface area (Å²) in [5.74, 6) is -0.468. The van der Waals surface area contributed by atoms with Crippen molar-refractivity contribution in [2.45, 2.75) is 44.0 Å². The Morgan fingerprint density at radius 3 is 2.33 bits per heavy atom. The van der Waals surface area contributed by atoms with Crippen molar-refractivity contribution in [1.29, 1.82) is 0 Å². The van der Waals surface area contributed by atoms with Gasteiger partial charge < -0.3 is 15.8 Å². The lowest BCUT2D eigenvalue weighted by atomic mass is 9.70. The second-order valence-electron chi connectivity index (χ2n) is 6.91. The molecule has 142 valence electrons. The zero-order valence-electron chi connectivity index (χ0n) is 15.4. The Hall–Kier alpha value is -2.86. The van der Waals surface area contributed by atoms with Crippen LogP contribution in [0.25, 0.3) is 0 Å². The van der Waals surface area contributed by atoms with Crippen LogP contribution in [0.1, 0.15) is 36.9 Å². The third-order valence-electron chi connectivity index (χ3n) is 5.14. The third-order valence-corrected chi connectivity index (χ3v) is 5.14. The van der Waals surface area contributed by atoms with Gasteiger partial charge in [0.2, 0.25) is 5.91 Å². The minimum Gasteiger partial charge on any atom is -0.445 e. The average molecular weight is 367 g/mol. The molecule has 2 aromatic rings. The minimum absolute atomic E-state index is 0.0800. The standard InChI is InChI=1S/C21H25N3O3/c1-15(17-10-6-3-7-11-17)24-21(19(22)25)13-12-18(21)23-20(26)27-14-16-8-4-2-5-9-16/h2-11,15,18,24H,12-14H2,1H3,(H2,22,25)(H,23,26)/t15-,18+,21+/m0/s1. The fourth-order valence-corrected chi connectivity index (χ4v) is 3.43. The zero-order valence-corrected chi connectivity index (χ0v) is 15.4. The van der Waals surface area contributed by atoms with Gasteiger partial charge in [-0.1, -0.05) is 60.7 Å². The highest BCUT2D eigenvalue weighted by atomic mass is 16.5. The van der Waals surface area contributed by atoms with Crippen LogP contribution in [-0.2, 0) is 16.1 Å². The topological polar surface area (TPSA) is 93.5 Å². The lowest BCUT2D eigenvalue weighted by Gasteiger charge is -2.49. The van der Waals surface area contributed by atoms with Crippen LogP contribution >= 0.6 is 0 Å². The maximum atomic E-state index is 12.2. The first-order valence-corrected chi connectivity index (χ1v) is 9.11. The van der Waals surface area contributed by atoms with E-state index in [0.29, 0.717) is 12.8 Å². The largest absolute Gasteiger partial charge is 0.445 e. The van der Waals surface area contributed by atoms with Crippen molar-refractivity contribution in [2.24, 2.45) is 5.73 Å².